The molecule has 1 heterocycles. The van der Waals surface area contributed by atoms with Gasteiger partial charge in [0.05, 0.1) is 6.10 Å². The number of hydrogen-bond donors (Lipinski definition) is 1. The SMILES string of the molecule is CC1CCC(C(=O)NC#N)O1. The van der Waals surface area contributed by atoms with E-state index in [4.69, 9.17) is 10.00 Å². The van der Waals surface area contributed by atoms with Crippen LogP contribution in [0.1, 0.15) is 19.8 Å². The summed E-state index contributed by atoms with van der Waals surface area (Å²) in [6, 6.07) is 0. The maximum Gasteiger partial charge on any atom is 0.262 e. The number of rotatable bonds is 1. The lowest BCUT2D eigenvalue weighted by Crippen LogP contribution is -2.31. The first kappa shape index (κ1) is 8.02. The minimum atomic E-state index is -0.412. The molecule has 0 aromatic rings. The van der Waals surface area contributed by atoms with Crippen molar-refractivity contribution in [3.8, 4) is 6.19 Å². The summed E-state index contributed by atoms with van der Waals surface area (Å²) >= 11 is 0. The van der Waals surface area contributed by atoms with Crippen molar-refractivity contribution in [2.45, 2.75) is 32.0 Å². The Balaban J connectivity index is 2.38. The third kappa shape index (κ3) is 1.92. The fourth-order valence-corrected chi connectivity index (χ4v) is 1.13. The highest BCUT2D eigenvalue weighted by molar-refractivity contribution is 5.82. The maximum absolute atomic E-state index is 10.9. The molecule has 4 heteroatoms. The Morgan fingerprint density at radius 3 is 2.91 bits per heavy atom. The maximum atomic E-state index is 10.9. The molecule has 0 radical (unpaired) electrons. The highest BCUT2D eigenvalue weighted by Gasteiger charge is 2.27. The molecule has 1 rings (SSSR count). The summed E-state index contributed by atoms with van der Waals surface area (Å²) in [6.07, 6.45) is 2.92. The second-order valence-corrected chi connectivity index (χ2v) is 2.61. The molecule has 2 unspecified atom stereocenters. The van der Waals surface area contributed by atoms with Gasteiger partial charge in [-0.2, -0.15) is 5.26 Å². The molecule has 0 bridgehead atoms. The van der Waals surface area contributed by atoms with Crippen LogP contribution in [0.2, 0.25) is 0 Å². The van der Waals surface area contributed by atoms with Gasteiger partial charge in [-0.25, -0.2) is 0 Å². The van der Waals surface area contributed by atoms with E-state index in [0.717, 1.165) is 6.42 Å². The molecule has 1 fully saturated rings. The average Bonchev–Trinajstić information content (AvgIpc) is 2.36. The summed E-state index contributed by atoms with van der Waals surface area (Å²) in [5.74, 6) is -0.322. The summed E-state index contributed by atoms with van der Waals surface area (Å²) in [5, 5.41) is 10.2. The molecule has 1 saturated heterocycles. The second-order valence-electron chi connectivity index (χ2n) is 2.61. The van der Waals surface area contributed by atoms with Gasteiger partial charge in [0.15, 0.2) is 6.19 Å². The van der Waals surface area contributed by atoms with Crippen molar-refractivity contribution in [2.24, 2.45) is 0 Å². The van der Waals surface area contributed by atoms with Crippen molar-refractivity contribution in [1.29, 1.82) is 5.26 Å². The molecule has 0 spiro atoms. The lowest BCUT2D eigenvalue weighted by Gasteiger charge is -2.06. The van der Waals surface area contributed by atoms with Gasteiger partial charge < -0.3 is 4.74 Å². The Morgan fingerprint density at radius 2 is 2.45 bits per heavy atom. The zero-order chi connectivity index (χ0) is 8.27. The van der Waals surface area contributed by atoms with Crippen LogP contribution in [0.15, 0.2) is 0 Å². The predicted molar refractivity (Wildman–Crippen MR) is 37.3 cm³/mol. The molecule has 1 amide bonds. The molecular formula is C7H10N2O2. The lowest BCUT2D eigenvalue weighted by atomic mass is 10.2. The van der Waals surface area contributed by atoms with Crippen molar-refractivity contribution in [3.63, 3.8) is 0 Å². The Labute approximate surface area is 65.1 Å². The summed E-state index contributed by atoms with van der Waals surface area (Å²) in [4.78, 5) is 10.9. The first-order valence-corrected chi connectivity index (χ1v) is 3.58. The Hall–Kier alpha value is -1.08. The molecule has 2 atom stereocenters. The van der Waals surface area contributed by atoms with Crippen LogP contribution in [0.5, 0.6) is 0 Å². The first-order chi connectivity index (χ1) is 5.24. The van der Waals surface area contributed by atoms with Crippen LogP contribution in [0.3, 0.4) is 0 Å². The van der Waals surface area contributed by atoms with Gasteiger partial charge in [-0.05, 0) is 19.8 Å². The van der Waals surface area contributed by atoms with E-state index in [0.29, 0.717) is 6.42 Å². The minimum Gasteiger partial charge on any atom is -0.365 e. The fraction of sp³-hybridized carbons (Fsp3) is 0.714. The number of carbonyl (C=O) groups excluding carboxylic acids is 1. The van der Waals surface area contributed by atoms with Crippen molar-refractivity contribution in [2.75, 3.05) is 0 Å². The molecule has 1 aliphatic rings. The van der Waals surface area contributed by atoms with Gasteiger partial charge in [0, 0.05) is 0 Å². The van der Waals surface area contributed by atoms with Gasteiger partial charge in [-0.15, -0.1) is 0 Å². The molecule has 1 N–H and O–H groups in total. The summed E-state index contributed by atoms with van der Waals surface area (Å²) in [5.41, 5.74) is 0. The highest BCUT2D eigenvalue weighted by Crippen LogP contribution is 2.18. The van der Waals surface area contributed by atoms with Gasteiger partial charge in [0.2, 0.25) is 0 Å². The summed E-state index contributed by atoms with van der Waals surface area (Å²) in [6.45, 7) is 1.92. The fourth-order valence-electron chi connectivity index (χ4n) is 1.13. The molecule has 60 valence electrons. The third-order valence-electron chi connectivity index (χ3n) is 1.70. The van der Waals surface area contributed by atoms with Crippen molar-refractivity contribution in [1.82, 2.24) is 5.32 Å². The van der Waals surface area contributed by atoms with E-state index in [-0.39, 0.29) is 12.0 Å². The number of nitriles is 1. The summed E-state index contributed by atoms with van der Waals surface area (Å²) in [7, 11) is 0. The highest BCUT2D eigenvalue weighted by atomic mass is 16.5. The molecular weight excluding hydrogens is 144 g/mol. The van der Waals surface area contributed by atoms with Crippen molar-refractivity contribution in [3.05, 3.63) is 0 Å². The second kappa shape index (κ2) is 3.35. The zero-order valence-electron chi connectivity index (χ0n) is 6.33. The van der Waals surface area contributed by atoms with Crippen LogP contribution < -0.4 is 5.32 Å². The van der Waals surface area contributed by atoms with Crippen LogP contribution in [0.25, 0.3) is 0 Å². The number of hydrogen-bond acceptors (Lipinski definition) is 3. The predicted octanol–water partition coefficient (Wildman–Crippen LogP) is 0.151. The van der Waals surface area contributed by atoms with E-state index in [9.17, 15) is 4.79 Å². The monoisotopic (exact) mass is 154 g/mol. The molecule has 11 heavy (non-hydrogen) atoms. The number of nitrogens with one attached hydrogen (secondary N) is 1. The van der Waals surface area contributed by atoms with Crippen molar-refractivity contribution < 1.29 is 9.53 Å². The number of ether oxygens (including phenoxy) is 1. The van der Waals surface area contributed by atoms with Gasteiger partial charge in [0.1, 0.15) is 6.10 Å². The smallest absolute Gasteiger partial charge is 0.262 e. The molecule has 0 saturated carbocycles. The van der Waals surface area contributed by atoms with Crippen LogP contribution in [0.4, 0.5) is 0 Å². The Morgan fingerprint density at radius 1 is 1.73 bits per heavy atom. The molecule has 1 aliphatic heterocycles. The molecule has 4 nitrogen and oxygen atoms in total. The van der Waals surface area contributed by atoms with Gasteiger partial charge >= 0.3 is 0 Å². The number of nitrogens with zero attached hydrogens (tertiary/aromatic N) is 1. The normalized spacial score (nSPS) is 29.5. The minimum absolute atomic E-state index is 0.143. The van der Waals surface area contributed by atoms with Crippen LogP contribution in [-0.4, -0.2) is 18.1 Å². The standard InChI is InChI=1S/C7H10N2O2/c1-5-2-3-6(11-5)7(10)9-4-8/h5-6H,2-3H2,1H3,(H,9,10). The zero-order valence-corrected chi connectivity index (χ0v) is 6.33. The molecule has 0 aromatic heterocycles. The third-order valence-corrected chi connectivity index (χ3v) is 1.70. The van der Waals surface area contributed by atoms with Gasteiger partial charge in [0.25, 0.3) is 5.91 Å². The topological polar surface area (TPSA) is 62.1 Å². The number of carbonyl (C=O) groups is 1. The Bertz CT molecular complexity index is 197. The van der Waals surface area contributed by atoms with E-state index >= 15 is 0 Å². The van der Waals surface area contributed by atoms with Gasteiger partial charge in [-0.3, -0.25) is 10.1 Å². The van der Waals surface area contributed by atoms with Crippen LogP contribution in [-0.2, 0) is 9.53 Å². The van der Waals surface area contributed by atoms with Gasteiger partial charge in [-0.1, -0.05) is 0 Å². The molecule has 0 aliphatic carbocycles. The van der Waals surface area contributed by atoms with E-state index in [2.05, 4.69) is 0 Å². The lowest BCUT2D eigenvalue weighted by molar-refractivity contribution is -0.130. The van der Waals surface area contributed by atoms with E-state index in [1.165, 1.54) is 0 Å². The Kier molecular flexibility index (Phi) is 2.44. The van der Waals surface area contributed by atoms with E-state index < -0.39 is 6.10 Å². The van der Waals surface area contributed by atoms with E-state index in [1.54, 1.807) is 6.19 Å². The largest absolute Gasteiger partial charge is 0.365 e. The van der Waals surface area contributed by atoms with Crippen molar-refractivity contribution >= 4 is 5.91 Å². The first-order valence-electron chi connectivity index (χ1n) is 3.58. The van der Waals surface area contributed by atoms with Crippen LogP contribution in [0, 0.1) is 11.5 Å². The molecule has 0 aromatic carbocycles. The summed E-state index contributed by atoms with van der Waals surface area (Å²) < 4.78 is 5.21. The van der Waals surface area contributed by atoms with Crippen LogP contribution >= 0.6 is 0 Å². The van der Waals surface area contributed by atoms with E-state index in [1.807, 2.05) is 12.2 Å². The quantitative estimate of drug-likeness (QED) is 0.432. The average molecular weight is 154 g/mol. The number of amides is 1.